The van der Waals surface area contributed by atoms with Gasteiger partial charge in [0.15, 0.2) is 0 Å². The van der Waals surface area contributed by atoms with Crippen molar-refractivity contribution in [2.45, 2.75) is 46.2 Å². The van der Waals surface area contributed by atoms with Crippen molar-refractivity contribution in [1.29, 1.82) is 0 Å². The molecule has 0 amide bonds. The fourth-order valence-corrected chi connectivity index (χ4v) is 2.15. The van der Waals surface area contributed by atoms with E-state index in [1.165, 1.54) is 6.54 Å². The summed E-state index contributed by atoms with van der Waals surface area (Å²) in [7, 11) is 0. The van der Waals surface area contributed by atoms with Gasteiger partial charge in [-0.05, 0) is 26.7 Å². The molecule has 0 aromatic carbocycles. The van der Waals surface area contributed by atoms with Crippen LogP contribution in [0.2, 0.25) is 0 Å². The number of nitrogens with one attached hydrogen (secondary N) is 1. The van der Waals surface area contributed by atoms with Crippen LogP contribution in [0.1, 0.15) is 34.6 Å². The van der Waals surface area contributed by atoms with Crippen LogP contribution in [-0.2, 0) is 0 Å². The first-order chi connectivity index (χ1) is 5.93. The Morgan fingerprint density at radius 1 is 1.31 bits per heavy atom. The Morgan fingerprint density at radius 2 is 1.92 bits per heavy atom. The number of piperazine rings is 1. The van der Waals surface area contributed by atoms with Crippen LogP contribution in [0.15, 0.2) is 0 Å². The lowest BCUT2D eigenvalue weighted by Crippen LogP contribution is -2.59. The smallest absolute Gasteiger partial charge is 0.0249 e. The lowest BCUT2D eigenvalue weighted by atomic mass is 9.94. The van der Waals surface area contributed by atoms with Gasteiger partial charge in [0.05, 0.1) is 0 Å². The van der Waals surface area contributed by atoms with Gasteiger partial charge in [-0.3, -0.25) is 4.90 Å². The van der Waals surface area contributed by atoms with Gasteiger partial charge in [0.2, 0.25) is 0 Å². The van der Waals surface area contributed by atoms with Crippen molar-refractivity contribution in [2.75, 3.05) is 19.6 Å². The highest BCUT2D eigenvalue weighted by Crippen LogP contribution is 2.22. The second-order valence-corrected chi connectivity index (χ2v) is 5.38. The summed E-state index contributed by atoms with van der Waals surface area (Å²) in [5.74, 6) is 0.743. The minimum Gasteiger partial charge on any atom is -0.314 e. The maximum absolute atomic E-state index is 3.48. The molecule has 1 aliphatic rings. The van der Waals surface area contributed by atoms with Crippen LogP contribution in [0.5, 0.6) is 0 Å². The standard InChI is InChI=1S/C11H24N2/c1-9(2)10-8-12-6-7-13(10)11(3,4)5/h9-10,12H,6-8H2,1-5H3. The van der Waals surface area contributed by atoms with E-state index in [1.54, 1.807) is 0 Å². The van der Waals surface area contributed by atoms with Gasteiger partial charge in [0.1, 0.15) is 0 Å². The lowest BCUT2D eigenvalue weighted by molar-refractivity contribution is 0.0378. The van der Waals surface area contributed by atoms with E-state index in [2.05, 4.69) is 44.8 Å². The average Bonchev–Trinajstić information content (AvgIpc) is 2.03. The van der Waals surface area contributed by atoms with Crippen molar-refractivity contribution < 1.29 is 0 Å². The third kappa shape index (κ3) is 2.68. The second kappa shape index (κ2) is 3.97. The molecule has 0 saturated carbocycles. The number of hydrogen-bond acceptors (Lipinski definition) is 2. The van der Waals surface area contributed by atoms with E-state index in [0.29, 0.717) is 11.6 Å². The molecule has 1 N–H and O–H groups in total. The first-order valence-electron chi connectivity index (χ1n) is 5.40. The normalized spacial score (nSPS) is 26.8. The first kappa shape index (κ1) is 11.0. The molecule has 0 bridgehead atoms. The molecule has 1 rings (SSSR count). The Morgan fingerprint density at radius 3 is 2.31 bits per heavy atom. The zero-order valence-corrected chi connectivity index (χ0v) is 9.72. The highest BCUT2D eigenvalue weighted by Gasteiger charge is 2.32. The molecule has 1 unspecified atom stereocenters. The molecule has 0 radical (unpaired) electrons. The summed E-state index contributed by atoms with van der Waals surface area (Å²) in [6.07, 6.45) is 0. The summed E-state index contributed by atoms with van der Waals surface area (Å²) in [6, 6.07) is 0.703. The van der Waals surface area contributed by atoms with Gasteiger partial charge < -0.3 is 5.32 Å². The van der Waals surface area contributed by atoms with Crippen LogP contribution >= 0.6 is 0 Å². The molecular weight excluding hydrogens is 160 g/mol. The Balaban J connectivity index is 2.67. The summed E-state index contributed by atoms with van der Waals surface area (Å²) in [5.41, 5.74) is 0.317. The highest BCUT2D eigenvalue weighted by atomic mass is 15.3. The summed E-state index contributed by atoms with van der Waals surface area (Å²) in [4.78, 5) is 2.63. The fourth-order valence-electron chi connectivity index (χ4n) is 2.15. The Bertz CT molecular complexity index is 158. The summed E-state index contributed by atoms with van der Waals surface area (Å²) < 4.78 is 0. The monoisotopic (exact) mass is 184 g/mol. The highest BCUT2D eigenvalue weighted by molar-refractivity contribution is 4.89. The van der Waals surface area contributed by atoms with Crippen molar-refractivity contribution in [2.24, 2.45) is 5.92 Å². The Hall–Kier alpha value is -0.0800. The van der Waals surface area contributed by atoms with E-state index in [9.17, 15) is 0 Å². The molecule has 0 spiro atoms. The quantitative estimate of drug-likeness (QED) is 0.667. The van der Waals surface area contributed by atoms with E-state index >= 15 is 0 Å². The van der Waals surface area contributed by atoms with Gasteiger partial charge in [-0.25, -0.2) is 0 Å². The third-order valence-corrected chi connectivity index (χ3v) is 2.91. The molecular formula is C11H24N2. The maximum atomic E-state index is 3.48. The van der Waals surface area contributed by atoms with E-state index < -0.39 is 0 Å². The average molecular weight is 184 g/mol. The molecule has 0 aromatic rings. The van der Waals surface area contributed by atoms with Crippen molar-refractivity contribution in [3.05, 3.63) is 0 Å². The molecule has 2 heteroatoms. The van der Waals surface area contributed by atoms with Crippen molar-refractivity contribution >= 4 is 0 Å². The molecule has 13 heavy (non-hydrogen) atoms. The number of nitrogens with zero attached hydrogens (tertiary/aromatic N) is 1. The molecule has 78 valence electrons. The molecule has 1 aliphatic heterocycles. The van der Waals surface area contributed by atoms with Crippen LogP contribution in [0, 0.1) is 5.92 Å². The first-order valence-corrected chi connectivity index (χ1v) is 5.40. The van der Waals surface area contributed by atoms with Gasteiger partial charge >= 0.3 is 0 Å². The number of rotatable bonds is 1. The molecule has 1 saturated heterocycles. The SMILES string of the molecule is CC(C)C1CNCCN1C(C)(C)C. The lowest BCUT2D eigenvalue weighted by Gasteiger charge is -2.46. The zero-order chi connectivity index (χ0) is 10.1. The van der Waals surface area contributed by atoms with Crippen molar-refractivity contribution in [3.8, 4) is 0 Å². The zero-order valence-electron chi connectivity index (χ0n) is 9.72. The second-order valence-electron chi connectivity index (χ2n) is 5.38. The molecule has 1 atom stereocenters. The van der Waals surface area contributed by atoms with E-state index in [0.717, 1.165) is 19.0 Å². The van der Waals surface area contributed by atoms with Crippen LogP contribution < -0.4 is 5.32 Å². The fraction of sp³-hybridized carbons (Fsp3) is 1.00. The third-order valence-electron chi connectivity index (χ3n) is 2.91. The summed E-state index contributed by atoms with van der Waals surface area (Å²) >= 11 is 0. The minimum atomic E-state index is 0.317. The van der Waals surface area contributed by atoms with Crippen LogP contribution in [0.4, 0.5) is 0 Å². The molecule has 2 nitrogen and oxygen atoms in total. The minimum absolute atomic E-state index is 0.317. The van der Waals surface area contributed by atoms with Gasteiger partial charge in [0.25, 0.3) is 0 Å². The molecule has 0 aliphatic carbocycles. The largest absolute Gasteiger partial charge is 0.314 e. The Labute approximate surface area is 82.7 Å². The number of hydrogen-bond donors (Lipinski definition) is 1. The van der Waals surface area contributed by atoms with Crippen LogP contribution in [0.25, 0.3) is 0 Å². The predicted molar refractivity (Wildman–Crippen MR) is 58.0 cm³/mol. The predicted octanol–water partition coefficient (Wildman–Crippen LogP) is 1.71. The van der Waals surface area contributed by atoms with Crippen LogP contribution in [0.3, 0.4) is 0 Å². The van der Waals surface area contributed by atoms with Gasteiger partial charge in [-0.1, -0.05) is 13.8 Å². The van der Waals surface area contributed by atoms with Crippen LogP contribution in [-0.4, -0.2) is 36.1 Å². The molecule has 0 aromatic heterocycles. The van der Waals surface area contributed by atoms with Crippen molar-refractivity contribution in [3.63, 3.8) is 0 Å². The summed E-state index contributed by atoms with van der Waals surface area (Å²) in [5, 5.41) is 3.48. The van der Waals surface area contributed by atoms with E-state index in [1.807, 2.05) is 0 Å². The van der Waals surface area contributed by atoms with E-state index in [4.69, 9.17) is 0 Å². The topological polar surface area (TPSA) is 15.3 Å². The van der Waals surface area contributed by atoms with Gasteiger partial charge in [-0.2, -0.15) is 0 Å². The van der Waals surface area contributed by atoms with Gasteiger partial charge in [0, 0.05) is 31.2 Å². The Kier molecular flexibility index (Phi) is 3.36. The van der Waals surface area contributed by atoms with E-state index in [-0.39, 0.29) is 0 Å². The maximum Gasteiger partial charge on any atom is 0.0249 e. The molecule has 1 heterocycles. The van der Waals surface area contributed by atoms with Gasteiger partial charge in [-0.15, -0.1) is 0 Å². The molecule has 1 fully saturated rings. The summed E-state index contributed by atoms with van der Waals surface area (Å²) in [6.45, 7) is 15.0. The van der Waals surface area contributed by atoms with Crippen molar-refractivity contribution in [1.82, 2.24) is 10.2 Å².